The van der Waals surface area contributed by atoms with Crippen molar-refractivity contribution in [1.82, 2.24) is 9.97 Å². The fourth-order valence-corrected chi connectivity index (χ4v) is 2.01. The molecule has 0 fully saturated rings. The number of rotatable bonds is 6. The smallest absolute Gasteiger partial charge is 0.130 e. The minimum atomic E-state index is 0.641. The average molecular weight is 271 g/mol. The summed E-state index contributed by atoms with van der Waals surface area (Å²) in [5.74, 6) is 2.47. The third kappa shape index (κ3) is 3.47. The van der Waals surface area contributed by atoms with E-state index in [0.29, 0.717) is 6.61 Å². The van der Waals surface area contributed by atoms with Gasteiger partial charge in [0.1, 0.15) is 17.4 Å². The van der Waals surface area contributed by atoms with E-state index in [9.17, 15) is 0 Å². The van der Waals surface area contributed by atoms with Crippen LogP contribution < -0.4 is 10.1 Å². The molecule has 4 heteroatoms. The lowest BCUT2D eigenvalue weighted by Gasteiger charge is -2.11. The number of para-hydroxylation sites is 1. The summed E-state index contributed by atoms with van der Waals surface area (Å²) < 4.78 is 5.67. The number of anilines is 1. The van der Waals surface area contributed by atoms with Crippen LogP contribution in [-0.2, 0) is 0 Å². The SMILES string of the molecule is CCCNc1cc(-c2ccccc2OCC)nc(C)n1. The van der Waals surface area contributed by atoms with Crippen molar-refractivity contribution >= 4 is 5.82 Å². The summed E-state index contributed by atoms with van der Waals surface area (Å²) in [6, 6.07) is 9.93. The minimum Gasteiger partial charge on any atom is -0.493 e. The summed E-state index contributed by atoms with van der Waals surface area (Å²) in [7, 11) is 0. The summed E-state index contributed by atoms with van der Waals surface area (Å²) in [5.41, 5.74) is 1.89. The van der Waals surface area contributed by atoms with Crippen molar-refractivity contribution in [3.05, 3.63) is 36.2 Å². The largest absolute Gasteiger partial charge is 0.493 e. The van der Waals surface area contributed by atoms with Crippen molar-refractivity contribution in [2.75, 3.05) is 18.5 Å². The molecule has 0 aliphatic rings. The maximum Gasteiger partial charge on any atom is 0.130 e. The number of hydrogen-bond donors (Lipinski definition) is 1. The molecule has 0 aliphatic heterocycles. The lowest BCUT2D eigenvalue weighted by atomic mass is 10.1. The number of aromatic nitrogens is 2. The van der Waals surface area contributed by atoms with Crippen molar-refractivity contribution in [3.63, 3.8) is 0 Å². The minimum absolute atomic E-state index is 0.641. The van der Waals surface area contributed by atoms with Gasteiger partial charge in [-0.25, -0.2) is 9.97 Å². The molecule has 1 heterocycles. The second-order valence-corrected chi connectivity index (χ2v) is 4.54. The first-order valence-electron chi connectivity index (χ1n) is 7.06. The van der Waals surface area contributed by atoms with Crippen LogP contribution in [0.2, 0.25) is 0 Å². The van der Waals surface area contributed by atoms with E-state index in [1.165, 1.54) is 0 Å². The second kappa shape index (κ2) is 6.89. The van der Waals surface area contributed by atoms with E-state index in [2.05, 4.69) is 22.2 Å². The predicted molar refractivity (Wildman–Crippen MR) is 82.2 cm³/mol. The third-order valence-electron chi connectivity index (χ3n) is 2.86. The van der Waals surface area contributed by atoms with Crippen molar-refractivity contribution in [2.24, 2.45) is 0 Å². The standard InChI is InChI=1S/C16H21N3O/c1-4-10-17-16-11-14(18-12(3)19-16)13-8-6-7-9-15(13)20-5-2/h6-9,11H,4-5,10H2,1-3H3,(H,17,18,19). The number of aryl methyl sites for hydroxylation is 1. The lowest BCUT2D eigenvalue weighted by Crippen LogP contribution is -2.04. The van der Waals surface area contributed by atoms with E-state index in [4.69, 9.17) is 4.74 Å². The molecular formula is C16H21N3O. The first-order chi connectivity index (χ1) is 9.74. The molecule has 1 N–H and O–H groups in total. The highest BCUT2D eigenvalue weighted by Crippen LogP contribution is 2.29. The predicted octanol–water partition coefficient (Wildman–Crippen LogP) is 3.67. The number of nitrogens with one attached hydrogen (secondary N) is 1. The molecule has 20 heavy (non-hydrogen) atoms. The average Bonchev–Trinajstić information content (AvgIpc) is 2.45. The molecule has 0 unspecified atom stereocenters. The topological polar surface area (TPSA) is 47.0 Å². The van der Waals surface area contributed by atoms with Gasteiger partial charge in [0.15, 0.2) is 0 Å². The summed E-state index contributed by atoms with van der Waals surface area (Å²) >= 11 is 0. The molecule has 0 aliphatic carbocycles. The van der Waals surface area contributed by atoms with Gasteiger partial charge >= 0.3 is 0 Å². The summed E-state index contributed by atoms with van der Waals surface area (Å²) in [6.07, 6.45) is 1.06. The van der Waals surface area contributed by atoms with Crippen LogP contribution in [0.5, 0.6) is 5.75 Å². The van der Waals surface area contributed by atoms with Crippen LogP contribution in [0.3, 0.4) is 0 Å². The number of hydrogen-bond acceptors (Lipinski definition) is 4. The Balaban J connectivity index is 2.39. The van der Waals surface area contributed by atoms with Crippen LogP contribution in [0.4, 0.5) is 5.82 Å². The van der Waals surface area contributed by atoms with Crippen molar-refractivity contribution in [3.8, 4) is 17.0 Å². The Morgan fingerprint density at radius 3 is 2.70 bits per heavy atom. The normalized spacial score (nSPS) is 10.3. The fourth-order valence-electron chi connectivity index (χ4n) is 2.01. The van der Waals surface area contributed by atoms with E-state index in [0.717, 1.165) is 41.6 Å². The number of benzene rings is 1. The molecule has 2 aromatic rings. The van der Waals surface area contributed by atoms with Gasteiger partial charge in [-0.1, -0.05) is 19.1 Å². The van der Waals surface area contributed by atoms with E-state index < -0.39 is 0 Å². The summed E-state index contributed by atoms with van der Waals surface area (Å²) in [6.45, 7) is 7.57. The first-order valence-corrected chi connectivity index (χ1v) is 7.06. The number of ether oxygens (including phenoxy) is 1. The molecule has 0 radical (unpaired) electrons. The van der Waals surface area contributed by atoms with Crippen LogP contribution in [-0.4, -0.2) is 23.1 Å². The Hall–Kier alpha value is -2.10. The maximum absolute atomic E-state index is 5.67. The van der Waals surface area contributed by atoms with Crippen molar-refractivity contribution in [1.29, 1.82) is 0 Å². The molecule has 0 saturated heterocycles. The van der Waals surface area contributed by atoms with Gasteiger partial charge in [0.25, 0.3) is 0 Å². The monoisotopic (exact) mass is 271 g/mol. The molecular weight excluding hydrogens is 250 g/mol. The lowest BCUT2D eigenvalue weighted by molar-refractivity contribution is 0.341. The molecule has 4 nitrogen and oxygen atoms in total. The van der Waals surface area contributed by atoms with Crippen LogP contribution in [0.25, 0.3) is 11.3 Å². The van der Waals surface area contributed by atoms with Gasteiger partial charge in [-0.3, -0.25) is 0 Å². The Morgan fingerprint density at radius 2 is 1.95 bits per heavy atom. The zero-order valence-electron chi connectivity index (χ0n) is 12.3. The van der Waals surface area contributed by atoms with Gasteiger partial charge in [0.2, 0.25) is 0 Å². The molecule has 0 bridgehead atoms. The van der Waals surface area contributed by atoms with Gasteiger partial charge in [0.05, 0.1) is 12.3 Å². The van der Waals surface area contributed by atoms with Crippen LogP contribution in [0, 0.1) is 6.92 Å². The van der Waals surface area contributed by atoms with E-state index in [1.54, 1.807) is 0 Å². The summed E-state index contributed by atoms with van der Waals surface area (Å²) in [4.78, 5) is 8.93. The highest BCUT2D eigenvalue weighted by molar-refractivity contribution is 5.69. The third-order valence-corrected chi connectivity index (χ3v) is 2.86. The summed E-state index contributed by atoms with van der Waals surface area (Å²) in [5, 5.41) is 3.30. The molecule has 0 atom stereocenters. The van der Waals surface area contributed by atoms with Gasteiger partial charge < -0.3 is 10.1 Å². The molecule has 106 valence electrons. The van der Waals surface area contributed by atoms with E-state index >= 15 is 0 Å². The van der Waals surface area contributed by atoms with Gasteiger partial charge in [-0.05, 0) is 32.4 Å². The van der Waals surface area contributed by atoms with Crippen LogP contribution >= 0.6 is 0 Å². The molecule has 0 amide bonds. The van der Waals surface area contributed by atoms with Crippen LogP contribution in [0.15, 0.2) is 30.3 Å². The van der Waals surface area contributed by atoms with Crippen molar-refractivity contribution in [2.45, 2.75) is 27.2 Å². The molecule has 0 spiro atoms. The first kappa shape index (κ1) is 14.3. The van der Waals surface area contributed by atoms with E-state index in [-0.39, 0.29) is 0 Å². The molecule has 0 saturated carbocycles. The molecule has 2 rings (SSSR count). The maximum atomic E-state index is 5.67. The van der Waals surface area contributed by atoms with Gasteiger partial charge in [0, 0.05) is 18.2 Å². The molecule has 1 aromatic carbocycles. The Morgan fingerprint density at radius 1 is 1.15 bits per heavy atom. The second-order valence-electron chi connectivity index (χ2n) is 4.54. The quantitative estimate of drug-likeness (QED) is 0.870. The Kier molecular flexibility index (Phi) is 4.93. The van der Waals surface area contributed by atoms with E-state index in [1.807, 2.05) is 44.2 Å². The zero-order valence-corrected chi connectivity index (χ0v) is 12.3. The van der Waals surface area contributed by atoms with Gasteiger partial charge in [-0.15, -0.1) is 0 Å². The highest BCUT2D eigenvalue weighted by atomic mass is 16.5. The highest BCUT2D eigenvalue weighted by Gasteiger charge is 2.09. The van der Waals surface area contributed by atoms with Crippen molar-refractivity contribution < 1.29 is 4.74 Å². The Bertz CT molecular complexity index is 569. The van der Waals surface area contributed by atoms with Crippen LogP contribution in [0.1, 0.15) is 26.1 Å². The zero-order chi connectivity index (χ0) is 14.4. The fraction of sp³-hybridized carbons (Fsp3) is 0.375. The van der Waals surface area contributed by atoms with Gasteiger partial charge in [-0.2, -0.15) is 0 Å². The molecule has 1 aromatic heterocycles. The number of nitrogens with zero attached hydrogens (tertiary/aromatic N) is 2. The Labute approximate surface area is 120 Å².